The van der Waals surface area contributed by atoms with E-state index in [1.165, 1.54) is 0 Å². The van der Waals surface area contributed by atoms with Gasteiger partial charge in [-0.15, -0.1) is 0 Å². The lowest BCUT2D eigenvalue weighted by molar-refractivity contribution is -0.156. The van der Waals surface area contributed by atoms with Crippen LogP contribution in [0.1, 0.15) is 38.5 Å². The number of carboxylic acid groups (broad SMARTS) is 1. The van der Waals surface area contributed by atoms with Crippen LogP contribution in [0.15, 0.2) is 0 Å². The number of nitrogens with zero attached hydrogens (tertiary/aromatic N) is 1. The third kappa shape index (κ3) is 3.00. The van der Waals surface area contributed by atoms with Gasteiger partial charge in [-0.05, 0) is 45.1 Å². The van der Waals surface area contributed by atoms with Crippen LogP contribution in [0.5, 0.6) is 0 Å². The van der Waals surface area contributed by atoms with E-state index in [0.717, 1.165) is 64.9 Å². The van der Waals surface area contributed by atoms with E-state index in [-0.39, 0.29) is 11.5 Å². The summed E-state index contributed by atoms with van der Waals surface area (Å²) in [4.78, 5) is 13.6. The van der Waals surface area contributed by atoms with Crippen LogP contribution in [0.2, 0.25) is 0 Å². The standard InChI is InChI=1S/C15H25NO4/c17-14(18)12-2-1-6-16(11-12)13-3-7-20-15(10-13)4-8-19-9-5-15/h12-13H,1-11H2,(H,17,18). The van der Waals surface area contributed by atoms with E-state index >= 15 is 0 Å². The normalized spacial score (nSPS) is 35.0. The molecule has 2 unspecified atom stereocenters. The largest absolute Gasteiger partial charge is 0.481 e. The Bertz CT molecular complexity index is 348. The van der Waals surface area contributed by atoms with Crippen LogP contribution in [-0.2, 0) is 14.3 Å². The molecule has 2 atom stereocenters. The highest BCUT2D eigenvalue weighted by molar-refractivity contribution is 5.70. The van der Waals surface area contributed by atoms with Gasteiger partial charge in [0.25, 0.3) is 0 Å². The summed E-state index contributed by atoms with van der Waals surface area (Å²) in [5.41, 5.74) is -0.00264. The molecule has 0 aromatic heterocycles. The predicted octanol–water partition coefficient (Wildman–Crippen LogP) is 1.51. The molecule has 20 heavy (non-hydrogen) atoms. The molecule has 0 aromatic rings. The third-order valence-electron chi connectivity index (χ3n) is 5.19. The first kappa shape index (κ1) is 14.3. The van der Waals surface area contributed by atoms with Crippen LogP contribution in [0.25, 0.3) is 0 Å². The lowest BCUT2D eigenvalue weighted by Crippen LogP contribution is -2.53. The number of carbonyl (C=O) groups is 1. The Morgan fingerprint density at radius 1 is 1.20 bits per heavy atom. The van der Waals surface area contributed by atoms with Gasteiger partial charge in [0.1, 0.15) is 0 Å². The van der Waals surface area contributed by atoms with E-state index < -0.39 is 5.97 Å². The Labute approximate surface area is 120 Å². The molecule has 3 heterocycles. The van der Waals surface area contributed by atoms with Gasteiger partial charge >= 0.3 is 5.97 Å². The Morgan fingerprint density at radius 3 is 2.75 bits per heavy atom. The molecule has 114 valence electrons. The molecule has 5 heteroatoms. The number of likely N-dealkylation sites (tertiary alicyclic amines) is 1. The summed E-state index contributed by atoms with van der Waals surface area (Å²) in [5.74, 6) is -0.820. The van der Waals surface area contributed by atoms with Gasteiger partial charge in [0, 0.05) is 32.4 Å². The van der Waals surface area contributed by atoms with Gasteiger partial charge < -0.3 is 14.6 Å². The highest BCUT2D eigenvalue weighted by Gasteiger charge is 2.41. The lowest BCUT2D eigenvalue weighted by Gasteiger charge is -2.47. The fourth-order valence-electron chi connectivity index (χ4n) is 3.95. The van der Waals surface area contributed by atoms with Crippen molar-refractivity contribution in [3.05, 3.63) is 0 Å². The number of carboxylic acids is 1. The molecule has 0 amide bonds. The maximum Gasteiger partial charge on any atom is 0.307 e. The summed E-state index contributed by atoms with van der Waals surface area (Å²) >= 11 is 0. The molecule has 0 saturated carbocycles. The first-order chi connectivity index (χ1) is 9.69. The number of rotatable bonds is 2. The first-order valence-corrected chi connectivity index (χ1v) is 7.87. The number of hydrogen-bond donors (Lipinski definition) is 1. The van der Waals surface area contributed by atoms with Crippen LogP contribution in [0.3, 0.4) is 0 Å². The second kappa shape index (κ2) is 6.00. The Hall–Kier alpha value is -0.650. The van der Waals surface area contributed by atoms with E-state index in [1.54, 1.807) is 0 Å². The molecule has 3 fully saturated rings. The Kier molecular flexibility index (Phi) is 4.29. The minimum absolute atomic E-state index is 0.00264. The van der Waals surface area contributed by atoms with Crippen molar-refractivity contribution < 1.29 is 19.4 Å². The number of hydrogen-bond acceptors (Lipinski definition) is 4. The van der Waals surface area contributed by atoms with Crippen molar-refractivity contribution in [1.82, 2.24) is 4.90 Å². The number of piperidine rings is 1. The molecule has 3 aliphatic rings. The van der Waals surface area contributed by atoms with Crippen molar-refractivity contribution in [2.75, 3.05) is 32.9 Å². The van der Waals surface area contributed by atoms with Crippen molar-refractivity contribution in [2.45, 2.75) is 50.2 Å². The molecule has 0 radical (unpaired) electrons. The van der Waals surface area contributed by atoms with Crippen LogP contribution < -0.4 is 0 Å². The van der Waals surface area contributed by atoms with Gasteiger partial charge in [0.05, 0.1) is 11.5 Å². The Balaban J connectivity index is 1.62. The fourth-order valence-corrected chi connectivity index (χ4v) is 3.95. The summed E-state index contributed by atoms with van der Waals surface area (Å²) < 4.78 is 11.5. The second-order valence-electron chi connectivity index (χ2n) is 6.46. The number of aliphatic carboxylic acids is 1. The SMILES string of the molecule is O=C(O)C1CCCN(C2CCOC3(CCOCC3)C2)C1. The summed E-state index contributed by atoms with van der Waals surface area (Å²) in [5, 5.41) is 9.23. The Morgan fingerprint density at radius 2 is 2.00 bits per heavy atom. The van der Waals surface area contributed by atoms with E-state index in [0.29, 0.717) is 12.6 Å². The van der Waals surface area contributed by atoms with Gasteiger partial charge in [0.15, 0.2) is 0 Å². The average molecular weight is 283 g/mol. The van der Waals surface area contributed by atoms with Gasteiger partial charge in [-0.1, -0.05) is 0 Å². The summed E-state index contributed by atoms with van der Waals surface area (Å²) in [6, 6.07) is 0.490. The maximum atomic E-state index is 11.2. The molecule has 0 aliphatic carbocycles. The van der Waals surface area contributed by atoms with E-state index in [1.807, 2.05) is 0 Å². The third-order valence-corrected chi connectivity index (χ3v) is 5.19. The van der Waals surface area contributed by atoms with Gasteiger partial charge in [-0.3, -0.25) is 9.69 Å². The quantitative estimate of drug-likeness (QED) is 0.832. The second-order valence-corrected chi connectivity index (χ2v) is 6.46. The van der Waals surface area contributed by atoms with Crippen molar-refractivity contribution in [3.63, 3.8) is 0 Å². The van der Waals surface area contributed by atoms with Crippen LogP contribution in [0, 0.1) is 5.92 Å². The molecule has 1 N–H and O–H groups in total. The predicted molar refractivity (Wildman–Crippen MR) is 73.7 cm³/mol. The molecule has 5 nitrogen and oxygen atoms in total. The topological polar surface area (TPSA) is 59.0 Å². The zero-order valence-corrected chi connectivity index (χ0v) is 12.1. The molecule has 3 saturated heterocycles. The fraction of sp³-hybridized carbons (Fsp3) is 0.933. The zero-order chi connectivity index (χ0) is 14.0. The first-order valence-electron chi connectivity index (χ1n) is 7.87. The number of ether oxygens (including phenoxy) is 2. The van der Waals surface area contributed by atoms with Gasteiger partial charge in [-0.2, -0.15) is 0 Å². The van der Waals surface area contributed by atoms with Crippen molar-refractivity contribution in [1.29, 1.82) is 0 Å². The zero-order valence-electron chi connectivity index (χ0n) is 12.1. The highest BCUT2D eigenvalue weighted by Crippen LogP contribution is 2.37. The molecular formula is C15H25NO4. The minimum Gasteiger partial charge on any atom is -0.481 e. The lowest BCUT2D eigenvalue weighted by atomic mass is 9.82. The van der Waals surface area contributed by atoms with Gasteiger partial charge in [0.2, 0.25) is 0 Å². The van der Waals surface area contributed by atoms with Gasteiger partial charge in [-0.25, -0.2) is 0 Å². The van der Waals surface area contributed by atoms with Crippen molar-refractivity contribution in [3.8, 4) is 0 Å². The van der Waals surface area contributed by atoms with E-state index in [4.69, 9.17) is 9.47 Å². The molecule has 1 spiro atoms. The maximum absolute atomic E-state index is 11.2. The van der Waals surface area contributed by atoms with E-state index in [9.17, 15) is 9.90 Å². The molecule has 3 rings (SSSR count). The van der Waals surface area contributed by atoms with Crippen molar-refractivity contribution >= 4 is 5.97 Å². The average Bonchev–Trinajstić information content (AvgIpc) is 2.48. The monoisotopic (exact) mass is 283 g/mol. The summed E-state index contributed by atoms with van der Waals surface area (Å²) in [6.07, 6.45) is 5.88. The smallest absolute Gasteiger partial charge is 0.307 e. The van der Waals surface area contributed by atoms with Crippen LogP contribution in [-0.4, -0.2) is 60.5 Å². The minimum atomic E-state index is -0.637. The van der Waals surface area contributed by atoms with Crippen LogP contribution >= 0.6 is 0 Å². The molecular weight excluding hydrogens is 258 g/mol. The van der Waals surface area contributed by atoms with Crippen LogP contribution in [0.4, 0.5) is 0 Å². The molecule has 3 aliphatic heterocycles. The highest BCUT2D eigenvalue weighted by atomic mass is 16.5. The molecule has 0 bridgehead atoms. The van der Waals surface area contributed by atoms with E-state index in [2.05, 4.69) is 4.90 Å². The summed E-state index contributed by atoms with van der Waals surface area (Å²) in [7, 11) is 0. The molecule has 0 aromatic carbocycles. The summed E-state index contributed by atoms with van der Waals surface area (Å²) in [6.45, 7) is 4.15. The van der Waals surface area contributed by atoms with Crippen molar-refractivity contribution in [2.24, 2.45) is 5.92 Å².